The number of piperidine rings is 1. The van der Waals surface area contributed by atoms with Crippen molar-refractivity contribution in [3.63, 3.8) is 0 Å². The standard InChI is InChI=1S/C15H30N2O/c1-2-8-16-12-14-5-3-9-17(13-14)10-7-15-6-4-11-18-15/h14-16H,2-13H2,1H3. The number of nitrogens with zero attached hydrogens (tertiary/aromatic N) is 1. The van der Waals surface area contributed by atoms with Gasteiger partial charge in [-0.25, -0.2) is 0 Å². The summed E-state index contributed by atoms with van der Waals surface area (Å²) in [5.74, 6) is 0.870. The summed E-state index contributed by atoms with van der Waals surface area (Å²) in [6.07, 6.45) is 8.40. The molecule has 0 aromatic heterocycles. The molecule has 2 unspecified atom stereocenters. The number of hydrogen-bond donors (Lipinski definition) is 1. The highest BCUT2D eigenvalue weighted by Crippen LogP contribution is 2.19. The normalized spacial score (nSPS) is 29.8. The summed E-state index contributed by atoms with van der Waals surface area (Å²) < 4.78 is 5.71. The number of nitrogens with one attached hydrogen (secondary N) is 1. The minimum absolute atomic E-state index is 0.559. The van der Waals surface area contributed by atoms with Crippen LogP contribution in [0.5, 0.6) is 0 Å². The first-order valence-electron chi connectivity index (χ1n) is 7.93. The van der Waals surface area contributed by atoms with Crippen molar-refractivity contribution in [3.05, 3.63) is 0 Å². The van der Waals surface area contributed by atoms with E-state index >= 15 is 0 Å². The van der Waals surface area contributed by atoms with Crippen LogP contribution in [0.2, 0.25) is 0 Å². The lowest BCUT2D eigenvalue weighted by atomic mass is 9.97. The summed E-state index contributed by atoms with van der Waals surface area (Å²) in [6, 6.07) is 0. The summed E-state index contributed by atoms with van der Waals surface area (Å²) in [6.45, 7) is 9.46. The maximum atomic E-state index is 5.71. The zero-order valence-corrected chi connectivity index (χ0v) is 12.0. The maximum absolute atomic E-state index is 5.71. The molecule has 0 spiro atoms. The molecule has 1 N–H and O–H groups in total. The van der Waals surface area contributed by atoms with Crippen LogP contribution in [0.4, 0.5) is 0 Å². The highest BCUT2D eigenvalue weighted by atomic mass is 16.5. The van der Waals surface area contributed by atoms with Crippen LogP contribution in [0.25, 0.3) is 0 Å². The highest BCUT2D eigenvalue weighted by Gasteiger charge is 2.21. The van der Waals surface area contributed by atoms with Crippen molar-refractivity contribution in [2.45, 2.75) is 51.6 Å². The molecule has 0 aromatic carbocycles. The Morgan fingerprint density at radius 2 is 2.22 bits per heavy atom. The molecule has 2 aliphatic rings. The van der Waals surface area contributed by atoms with E-state index in [0.717, 1.165) is 12.5 Å². The van der Waals surface area contributed by atoms with Gasteiger partial charge in [0.1, 0.15) is 0 Å². The lowest BCUT2D eigenvalue weighted by Gasteiger charge is -2.33. The fourth-order valence-corrected chi connectivity index (χ4v) is 3.20. The van der Waals surface area contributed by atoms with E-state index in [1.807, 2.05) is 0 Å². The van der Waals surface area contributed by atoms with E-state index in [1.54, 1.807) is 0 Å². The largest absolute Gasteiger partial charge is 0.378 e. The van der Waals surface area contributed by atoms with Crippen LogP contribution in [-0.4, -0.2) is 50.3 Å². The van der Waals surface area contributed by atoms with Crippen molar-refractivity contribution < 1.29 is 4.74 Å². The number of rotatable bonds is 7. The maximum Gasteiger partial charge on any atom is 0.0588 e. The van der Waals surface area contributed by atoms with E-state index in [9.17, 15) is 0 Å². The monoisotopic (exact) mass is 254 g/mol. The molecular formula is C15H30N2O. The smallest absolute Gasteiger partial charge is 0.0588 e. The van der Waals surface area contributed by atoms with Gasteiger partial charge in [-0.05, 0) is 64.1 Å². The Morgan fingerprint density at radius 3 is 3.00 bits per heavy atom. The van der Waals surface area contributed by atoms with Gasteiger partial charge in [-0.2, -0.15) is 0 Å². The Labute approximate surface area is 112 Å². The topological polar surface area (TPSA) is 24.5 Å². The molecule has 2 heterocycles. The molecule has 2 aliphatic heterocycles. The van der Waals surface area contributed by atoms with Crippen LogP contribution < -0.4 is 5.32 Å². The minimum Gasteiger partial charge on any atom is -0.378 e. The summed E-state index contributed by atoms with van der Waals surface area (Å²) >= 11 is 0. The number of likely N-dealkylation sites (tertiary alicyclic amines) is 1. The Morgan fingerprint density at radius 1 is 1.28 bits per heavy atom. The SMILES string of the molecule is CCCNCC1CCCN(CCC2CCCO2)C1. The van der Waals surface area contributed by atoms with Crippen molar-refractivity contribution in [2.24, 2.45) is 5.92 Å². The quantitative estimate of drug-likeness (QED) is 0.705. The molecule has 18 heavy (non-hydrogen) atoms. The fourth-order valence-electron chi connectivity index (χ4n) is 3.20. The van der Waals surface area contributed by atoms with Crippen LogP contribution in [0.1, 0.15) is 45.4 Å². The second kappa shape index (κ2) is 8.13. The van der Waals surface area contributed by atoms with Gasteiger partial charge in [0.05, 0.1) is 6.10 Å². The van der Waals surface area contributed by atoms with Crippen molar-refractivity contribution in [2.75, 3.05) is 39.3 Å². The first-order chi connectivity index (χ1) is 8.88. The van der Waals surface area contributed by atoms with Gasteiger partial charge in [0, 0.05) is 19.7 Å². The summed E-state index contributed by atoms with van der Waals surface area (Å²) in [7, 11) is 0. The molecule has 3 heteroatoms. The molecule has 2 rings (SSSR count). The summed E-state index contributed by atoms with van der Waals surface area (Å²) in [5, 5.41) is 3.57. The molecule has 2 saturated heterocycles. The molecule has 106 valence electrons. The van der Waals surface area contributed by atoms with E-state index in [-0.39, 0.29) is 0 Å². The molecule has 2 fully saturated rings. The van der Waals surface area contributed by atoms with Crippen LogP contribution in [0.3, 0.4) is 0 Å². The molecule has 0 aliphatic carbocycles. The second-order valence-corrected chi connectivity index (χ2v) is 5.94. The van der Waals surface area contributed by atoms with Gasteiger partial charge >= 0.3 is 0 Å². The summed E-state index contributed by atoms with van der Waals surface area (Å²) in [4.78, 5) is 2.66. The lowest BCUT2D eigenvalue weighted by molar-refractivity contribution is 0.0830. The van der Waals surface area contributed by atoms with E-state index in [0.29, 0.717) is 6.10 Å². The van der Waals surface area contributed by atoms with Crippen LogP contribution in [-0.2, 0) is 4.74 Å². The van der Waals surface area contributed by atoms with E-state index < -0.39 is 0 Å². The zero-order chi connectivity index (χ0) is 12.6. The average molecular weight is 254 g/mol. The zero-order valence-electron chi connectivity index (χ0n) is 12.0. The van der Waals surface area contributed by atoms with Crippen molar-refractivity contribution in [1.29, 1.82) is 0 Å². The van der Waals surface area contributed by atoms with Gasteiger partial charge in [0.25, 0.3) is 0 Å². The summed E-state index contributed by atoms with van der Waals surface area (Å²) in [5.41, 5.74) is 0. The second-order valence-electron chi connectivity index (χ2n) is 5.94. The molecule has 2 atom stereocenters. The lowest BCUT2D eigenvalue weighted by Crippen LogP contribution is -2.40. The number of ether oxygens (including phenoxy) is 1. The Balaban J connectivity index is 1.59. The highest BCUT2D eigenvalue weighted by molar-refractivity contribution is 4.76. The predicted molar refractivity (Wildman–Crippen MR) is 75.9 cm³/mol. The Kier molecular flexibility index (Phi) is 6.46. The Bertz CT molecular complexity index is 217. The van der Waals surface area contributed by atoms with E-state index in [1.165, 1.54) is 71.2 Å². The predicted octanol–water partition coefficient (Wildman–Crippen LogP) is 2.27. The van der Waals surface area contributed by atoms with Crippen molar-refractivity contribution in [1.82, 2.24) is 10.2 Å². The first kappa shape index (κ1) is 14.3. The molecule has 3 nitrogen and oxygen atoms in total. The van der Waals surface area contributed by atoms with Gasteiger partial charge in [-0.1, -0.05) is 6.92 Å². The van der Waals surface area contributed by atoms with Crippen LogP contribution in [0.15, 0.2) is 0 Å². The third kappa shape index (κ3) is 4.87. The molecular weight excluding hydrogens is 224 g/mol. The van der Waals surface area contributed by atoms with Crippen LogP contribution in [0, 0.1) is 5.92 Å². The molecule has 0 radical (unpaired) electrons. The third-order valence-corrected chi connectivity index (χ3v) is 4.25. The molecule has 0 saturated carbocycles. The minimum atomic E-state index is 0.559. The van der Waals surface area contributed by atoms with E-state index in [2.05, 4.69) is 17.1 Å². The van der Waals surface area contributed by atoms with Gasteiger partial charge in [-0.3, -0.25) is 0 Å². The van der Waals surface area contributed by atoms with Crippen LogP contribution >= 0.6 is 0 Å². The van der Waals surface area contributed by atoms with Gasteiger partial charge in [0.15, 0.2) is 0 Å². The fraction of sp³-hybridized carbons (Fsp3) is 1.00. The van der Waals surface area contributed by atoms with Gasteiger partial charge in [0.2, 0.25) is 0 Å². The van der Waals surface area contributed by atoms with Crippen molar-refractivity contribution >= 4 is 0 Å². The number of hydrogen-bond acceptors (Lipinski definition) is 3. The average Bonchev–Trinajstić information content (AvgIpc) is 2.90. The van der Waals surface area contributed by atoms with Crippen molar-refractivity contribution in [3.8, 4) is 0 Å². The molecule has 0 bridgehead atoms. The Hall–Kier alpha value is -0.120. The molecule has 0 amide bonds. The third-order valence-electron chi connectivity index (χ3n) is 4.25. The first-order valence-corrected chi connectivity index (χ1v) is 7.93. The van der Waals surface area contributed by atoms with E-state index in [4.69, 9.17) is 4.74 Å². The molecule has 0 aromatic rings. The van der Waals surface area contributed by atoms with Gasteiger partial charge in [-0.15, -0.1) is 0 Å². The van der Waals surface area contributed by atoms with Gasteiger partial charge < -0.3 is 15.0 Å².